The largest absolute Gasteiger partial charge is 0.407 e. The highest BCUT2D eigenvalue weighted by Gasteiger charge is 2.41. The van der Waals surface area contributed by atoms with Crippen molar-refractivity contribution in [1.82, 2.24) is 0 Å². The lowest BCUT2D eigenvalue weighted by atomic mass is 9.95. The van der Waals surface area contributed by atoms with Crippen LogP contribution in [0.15, 0.2) is 0 Å². The molecule has 2 N–H and O–H groups in total. The zero-order chi connectivity index (χ0) is 9.24. The van der Waals surface area contributed by atoms with Crippen molar-refractivity contribution in [1.29, 1.82) is 0 Å². The zero-order valence-corrected chi connectivity index (χ0v) is 9.47. The van der Waals surface area contributed by atoms with Crippen LogP contribution in [0.2, 0.25) is 0 Å². The number of ether oxygens (including phenoxy) is 2. The maximum absolute atomic E-state index is 8.88. The van der Waals surface area contributed by atoms with E-state index in [9.17, 15) is 0 Å². The molecule has 0 unspecified atom stereocenters. The van der Waals surface area contributed by atoms with E-state index in [1.165, 1.54) is 0 Å². The van der Waals surface area contributed by atoms with Crippen molar-refractivity contribution in [2.75, 3.05) is 23.9 Å². The fraction of sp³-hybridized carbons (Fsp3) is 1.00. The number of hydrogen-bond acceptors (Lipinski definition) is 4. The highest BCUT2D eigenvalue weighted by Crippen LogP contribution is 2.30. The van der Waals surface area contributed by atoms with Crippen LogP contribution < -0.4 is 0 Å². The van der Waals surface area contributed by atoms with E-state index in [0.717, 1.165) is 0 Å². The summed E-state index contributed by atoms with van der Waals surface area (Å²) in [4.78, 5) is 0. The third kappa shape index (κ3) is 2.40. The Morgan fingerprint density at radius 2 is 1.50 bits per heavy atom. The Labute approximate surface area is 87.1 Å². The summed E-state index contributed by atoms with van der Waals surface area (Å²) in [7, 11) is 0. The van der Waals surface area contributed by atoms with Gasteiger partial charge in [-0.2, -0.15) is 0 Å². The monoisotopic (exact) mass is 304 g/mol. The van der Waals surface area contributed by atoms with E-state index in [2.05, 4.69) is 31.9 Å². The van der Waals surface area contributed by atoms with Crippen LogP contribution in [-0.2, 0) is 9.47 Å². The fourth-order valence-corrected chi connectivity index (χ4v) is 2.34. The standard InChI is InChI=1S/C6H10Br2O4/c7-1-5(2-8)3-11-6(9,10)12-4-5/h9-10H,1-4H2. The van der Waals surface area contributed by atoms with Crippen LogP contribution in [0.25, 0.3) is 0 Å². The molecule has 0 aromatic rings. The predicted molar refractivity (Wildman–Crippen MR) is 49.1 cm³/mol. The van der Waals surface area contributed by atoms with Crippen molar-refractivity contribution in [2.24, 2.45) is 5.41 Å². The van der Waals surface area contributed by atoms with E-state index in [0.29, 0.717) is 10.7 Å². The van der Waals surface area contributed by atoms with Gasteiger partial charge in [0.25, 0.3) is 0 Å². The van der Waals surface area contributed by atoms with Gasteiger partial charge in [0, 0.05) is 16.1 Å². The molecule has 1 aliphatic rings. The van der Waals surface area contributed by atoms with Crippen molar-refractivity contribution in [3.63, 3.8) is 0 Å². The lowest BCUT2D eigenvalue weighted by Gasteiger charge is -2.38. The molecule has 0 bridgehead atoms. The summed E-state index contributed by atoms with van der Waals surface area (Å²) in [5.41, 5.74) is -0.213. The summed E-state index contributed by atoms with van der Waals surface area (Å²) in [5, 5.41) is 19.1. The Kier molecular flexibility index (Phi) is 3.53. The second-order valence-electron chi connectivity index (χ2n) is 2.89. The van der Waals surface area contributed by atoms with E-state index in [4.69, 9.17) is 19.7 Å². The summed E-state index contributed by atoms with van der Waals surface area (Å²) >= 11 is 6.63. The van der Waals surface area contributed by atoms with Gasteiger partial charge in [0.15, 0.2) is 0 Å². The molecular weight excluding hydrogens is 296 g/mol. The van der Waals surface area contributed by atoms with Crippen LogP contribution in [0.1, 0.15) is 0 Å². The molecule has 1 heterocycles. The van der Waals surface area contributed by atoms with Gasteiger partial charge in [-0.15, -0.1) is 0 Å². The molecule has 4 nitrogen and oxygen atoms in total. The Hall–Kier alpha value is 0.800. The van der Waals surface area contributed by atoms with Crippen molar-refractivity contribution >= 4 is 31.9 Å². The Morgan fingerprint density at radius 3 is 1.83 bits per heavy atom. The smallest absolute Gasteiger partial charge is 0.319 e. The van der Waals surface area contributed by atoms with E-state index in [1.54, 1.807) is 0 Å². The molecule has 0 amide bonds. The van der Waals surface area contributed by atoms with Crippen molar-refractivity contribution in [3.05, 3.63) is 0 Å². The Morgan fingerprint density at radius 1 is 1.08 bits per heavy atom. The van der Waals surface area contributed by atoms with E-state index >= 15 is 0 Å². The van der Waals surface area contributed by atoms with Gasteiger partial charge in [0.1, 0.15) is 0 Å². The van der Waals surface area contributed by atoms with Crippen molar-refractivity contribution in [3.8, 4) is 0 Å². The minimum absolute atomic E-state index is 0.213. The molecule has 1 saturated heterocycles. The first-order valence-corrected chi connectivity index (χ1v) is 5.62. The first kappa shape index (κ1) is 10.9. The van der Waals surface area contributed by atoms with Gasteiger partial charge in [-0.1, -0.05) is 31.9 Å². The van der Waals surface area contributed by atoms with Crippen molar-refractivity contribution < 1.29 is 19.7 Å². The first-order valence-electron chi connectivity index (χ1n) is 3.38. The zero-order valence-electron chi connectivity index (χ0n) is 6.30. The molecule has 12 heavy (non-hydrogen) atoms. The number of aliphatic hydroxyl groups is 2. The van der Waals surface area contributed by atoms with Crippen LogP contribution in [-0.4, -0.2) is 40.2 Å². The first-order chi connectivity index (χ1) is 5.54. The molecular formula is C6H10Br2O4. The number of rotatable bonds is 2. The topological polar surface area (TPSA) is 58.9 Å². The molecule has 0 spiro atoms. The summed E-state index contributed by atoms with van der Waals surface area (Å²) in [6, 6.07) is 0. The van der Waals surface area contributed by atoms with Crippen LogP contribution >= 0.6 is 31.9 Å². The summed E-state index contributed by atoms with van der Waals surface area (Å²) in [5.74, 6) is 0. The quantitative estimate of drug-likeness (QED) is 0.573. The maximum atomic E-state index is 8.88. The molecule has 0 aliphatic carbocycles. The van der Waals surface area contributed by atoms with E-state index in [1.807, 2.05) is 0 Å². The van der Waals surface area contributed by atoms with Crippen LogP contribution in [0, 0.1) is 5.41 Å². The lowest BCUT2D eigenvalue weighted by molar-refractivity contribution is -0.497. The Bertz CT molecular complexity index is 146. The molecule has 1 rings (SSSR count). The second kappa shape index (κ2) is 3.89. The van der Waals surface area contributed by atoms with E-state index in [-0.39, 0.29) is 18.6 Å². The number of hydrogen-bond donors (Lipinski definition) is 2. The van der Waals surface area contributed by atoms with Gasteiger partial charge >= 0.3 is 6.16 Å². The van der Waals surface area contributed by atoms with Gasteiger partial charge in [0.05, 0.1) is 13.2 Å². The molecule has 72 valence electrons. The second-order valence-corrected chi connectivity index (χ2v) is 4.01. The fourth-order valence-electron chi connectivity index (χ4n) is 0.768. The highest BCUT2D eigenvalue weighted by molar-refractivity contribution is 9.09. The molecule has 6 heteroatoms. The predicted octanol–water partition coefficient (Wildman–Crippen LogP) is 0.405. The molecule has 0 saturated carbocycles. The van der Waals surface area contributed by atoms with Gasteiger partial charge in [-0.25, -0.2) is 0 Å². The van der Waals surface area contributed by atoms with Crippen LogP contribution in [0.3, 0.4) is 0 Å². The van der Waals surface area contributed by atoms with Crippen molar-refractivity contribution in [2.45, 2.75) is 6.16 Å². The highest BCUT2D eigenvalue weighted by atomic mass is 79.9. The van der Waals surface area contributed by atoms with Crippen LogP contribution in [0.5, 0.6) is 0 Å². The van der Waals surface area contributed by atoms with Gasteiger partial charge in [-0.3, -0.25) is 0 Å². The summed E-state index contributed by atoms with van der Waals surface area (Å²) in [6.07, 6.45) is -2.41. The van der Waals surface area contributed by atoms with Crippen LogP contribution in [0.4, 0.5) is 0 Å². The minimum atomic E-state index is -2.41. The molecule has 1 fully saturated rings. The maximum Gasteiger partial charge on any atom is 0.407 e. The SMILES string of the molecule is OC1(O)OCC(CBr)(CBr)CO1. The molecule has 1 aliphatic heterocycles. The molecule has 0 aromatic heterocycles. The minimum Gasteiger partial charge on any atom is -0.319 e. The summed E-state index contributed by atoms with van der Waals surface area (Å²) < 4.78 is 9.38. The average Bonchev–Trinajstić information content (AvgIpc) is 2.06. The third-order valence-electron chi connectivity index (χ3n) is 1.70. The molecule has 0 aromatic carbocycles. The van der Waals surface area contributed by atoms with Gasteiger partial charge in [0.2, 0.25) is 0 Å². The molecule has 0 atom stereocenters. The number of halogens is 2. The lowest BCUT2D eigenvalue weighted by Crippen LogP contribution is -2.51. The average molecular weight is 306 g/mol. The Balaban J connectivity index is 2.53. The summed E-state index contributed by atoms with van der Waals surface area (Å²) in [6.45, 7) is 0.493. The number of alkyl halides is 2. The third-order valence-corrected chi connectivity index (χ3v) is 4.08. The van der Waals surface area contributed by atoms with Gasteiger partial charge in [-0.05, 0) is 0 Å². The molecule has 0 radical (unpaired) electrons. The van der Waals surface area contributed by atoms with E-state index < -0.39 is 6.16 Å². The normalized spacial score (nSPS) is 27.0. The van der Waals surface area contributed by atoms with Gasteiger partial charge < -0.3 is 19.7 Å².